The maximum absolute atomic E-state index is 5.94. The van der Waals surface area contributed by atoms with Crippen molar-refractivity contribution in [3.8, 4) is 0 Å². The molecule has 0 aromatic carbocycles. The first-order valence-electron chi connectivity index (χ1n) is 7.28. The average molecular weight is 262 g/mol. The molecule has 0 spiro atoms. The zero-order chi connectivity index (χ0) is 13.8. The van der Waals surface area contributed by atoms with Gasteiger partial charge in [0.2, 0.25) is 0 Å². The minimum atomic E-state index is 0.0667. The van der Waals surface area contributed by atoms with Gasteiger partial charge in [0, 0.05) is 38.4 Å². The third-order valence-corrected chi connectivity index (χ3v) is 4.21. The second-order valence-corrected chi connectivity index (χ2v) is 5.51. The molecule has 2 heterocycles. The van der Waals surface area contributed by atoms with E-state index in [1.165, 1.54) is 25.9 Å². The minimum Gasteiger partial charge on any atom is -0.357 e. The quantitative estimate of drug-likeness (QED) is 0.902. The molecular formula is C15H26N4. The average Bonchev–Trinajstić information content (AvgIpc) is 2.46. The molecule has 1 aliphatic heterocycles. The van der Waals surface area contributed by atoms with Gasteiger partial charge in [-0.05, 0) is 44.0 Å². The first-order chi connectivity index (χ1) is 9.11. The lowest BCUT2D eigenvalue weighted by Crippen LogP contribution is -2.43. The van der Waals surface area contributed by atoms with Crippen molar-refractivity contribution in [1.29, 1.82) is 0 Å². The van der Waals surface area contributed by atoms with Crippen molar-refractivity contribution in [2.24, 2.45) is 5.73 Å². The van der Waals surface area contributed by atoms with Gasteiger partial charge in [-0.3, -0.25) is 0 Å². The first-order valence-corrected chi connectivity index (χ1v) is 7.28. The molecule has 1 aromatic rings. The maximum Gasteiger partial charge on any atom is 0.128 e. The summed E-state index contributed by atoms with van der Waals surface area (Å²) in [5, 5.41) is 0. The second-order valence-electron chi connectivity index (χ2n) is 5.51. The third-order valence-electron chi connectivity index (χ3n) is 4.21. The lowest BCUT2D eigenvalue weighted by atomic mass is 10.0. The predicted molar refractivity (Wildman–Crippen MR) is 80.4 cm³/mol. The molecule has 1 saturated heterocycles. The van der Waals surface area contributed by atoms with Gasteiger partial charge >= 0.3 is 0 Å². The van der Waals surface area contributed by atoms with Gasteiger partial charge < -0.3 is 15.5 Å². The van der Waals surface area contributed by atoms with E-state index in [0.29, 0.717) is 6.04 Å². The van der Waals surface area contributed by atoms with Crippen LogP contribution in [0.5, 0.6) is 0 Å². The van der Waals surface area contributed by atoms with Crippen molar-refractivity contribution in [2.45, 2.75) is 38.8 Å². The third kappa shape index (κ3) is 3.45. The lowest BCUT2D eigenvalue weighted by Gasteiger charge is -2.37. The van der Waals surface area contributed by atoms with Crippen LogP contribution in [0, 0.1) is 0 Å². The summed E-state index contributed by atoms with van der Waals surface area (Å²) in [6.45, 7) is 7.79. The normalized spacial score (nSPS) is 19.4. The number of likely N-dealkylation sites (tertiary alicyclic amines) is 1. The number of nitrogens with two attached hydrogens (primary N) is 1. The van der Waals surface area contributed by atoms with Gasteiger partial charge in [-0.25, -0.2) is 4.98 Å². The summed E-state index contributed by atoms with van der Waals surface area (Å²) in [4.78, 5) is 9.32. The highest BCUT2D eigenvalue weighted by molar-refractivity contribution is 5.42. The molecule has 0 bridgehead atoms. The Hall–Kier alpha value is -1.13. The maximum atomic E-state index is 5.94. The SMILES string of the molecule is CCN1CCC(N(C)c2cc(C(C)N)ccn2)CC1. The van der Waals surface area contributed by atoms with Crippen molar-refractivity contribution < 1.29 is 0 Å². The molecule has 106 valence electrons. The number of aromatic nitrogens is 1. The molecule has 0 aliphatic carbocycles. The Morgan fingerprint density at radius 2 is 2.16 bits per heavy atom. The number of nitrogens with zero attached hydrogens (tertiary/aromatic N) is 3. The number of pyridine rings is 1. The Morgan fingerprint density at radius 3 is 2.74 bits per heavy atom. The van der Waals surface area contributed by atoms with E-state index in [-0.39, 0.29) is 6.04 Å². The van der Waals surface area contributed by atoms with E-state index in [1.807, 2.05) is 19.2 Å². The summed E-state index contributed by atoms with van der Waals surface area (Å²) < 4.78 is 0. The van der Waals surface area contributed by atoms with Crippen LogP contribution in [0.3, 0.4) is 0 Å². The van der Waals surface area contributed by atoms with Gasteiger partial charge in [-0.1, -0.05) is 6.92 Å². The standard InChI is InChI=1S/C15H26N4/c1-4-19-9-6-14(7-10-19)18(3)15-11-13(12(2)16)5-8-17-15/h5,8,11-12,14H,4,6-7,9-10,16H2,1-3H3. The highest BCUT2D eigenvalue weighted by atomic mass is 15.2. The molecule has 1 fully saturated rings. The van der Waals surface area contributed by atoms with Crippen LogP contribution in [0.2, 0.25) is 0 Å². The summed E-state index contributed by atoms with van der Waals surface area (Å²) in [7, 11) is 2.15. The molecule has 1 aliphatic rings. The number of piperidine rings is 1. The lowest BCUT2D eigenvalue weighted by molar-refractivity contribution is 0.220. The Morgan fingerprint density at radius 1 is 1.47 bits per heavy atom. The molecule has 2 rings (SSSR count). The van der Waals surface area contributed by atoms with E-state index >= 15 is 0 Å². The Bertz CT molecular complexity index is 397. The summed E-state index contributed by atoms with van der Waals surface area (Å²) in [5.74, 6) is 1.05. The highest BCUT2D eigenvalue weighted by Crippen LogP contribution is 2.22. The molecule has 1 unspecified atom stereocenters. The van der Waals surface area contributed by atoms with E-state index in [1.54, 1.807) is 0 Å². The van der Waals surface area contributed by atoms with E-state index in [2.05, 4.69) is 34.8 Å². The van der Waals surface area contributed by atoms with Crippen molar-refractivity contribution in [1.82, 2.24) is 9.88 Å². The molecule has 1 atom stereocenters. The zero-order valence-electron chi connectivity index (χ0n) is 12.3. The largest absolute Gasteiger partial charge is 0.357 e. The van der Waals surface area contributed by atoms with E-state index < -0.39 is 0 Å². The van der Waals surface area contributed by atoms with Gasteiger partial charge in [0.25, 0.3) is 0 Å². The van der Waals surface area contributed by atoms with Crippen LogP contribution in [-0.4, -0.2) is 42.6 Å². The van der Waals surface area contributed by atoms with Gasteiger partial charge in [0.05, 0.1) is 0 Å². The monoisotopic (exact) mass is 262 g/mol. The molecule has 4 nitrogen and oxygen atoms in total. The number of hydrogen-bond donors (Lipinski definition) is 1. The molecule has 0 radical (unpaired) electrons. The van der Waals surface area contributed by atoms with E-state index in [0.717, 1.165) is 17.9 Å². The van der Waals surface area contributed by atoms with Gasteiger partial charge in [0.15, 0.2) is 0 Å². The van der Waals surface area contributed by atoms with Crippen LogP contribution in [0.15, 0.2) is 18.3 Å². The number of hydrogen-bond acceptors (Lipinski definition) is 4. The van der Waals surface area contributed by atoms with E-state index in [4.69, 9.17) is 5.73 Å². The summed E-state index contributed by atoms with van der Waals surface area (Å²) >= 11 is 0. The molecular weight excluding hydrogens is 236 g/mol. The fourth-order valence-electron chi connectivity index (χ4n) is 2.72. The summed E-state index contributed by atoms with van der Waals surface area (Å²) in [6.07, 6.45) is 4.30. The Labute approximate surface area is 116 Å². The molecule has 2 N–H and O–H groups in total. The van der Waals surface area contributed by atoms with Crippen molar-refractivity contribution >= 4 is 5.82 Å². The highest BCUT2D eigenvalue weighted by Gasteiger charge is 2.22. The Kier molecular flexibility index (Phi) is 4.77. The van der Waals surface area contributed by atoms with Crippen molar-refractivity contribution in [3.05, 3.63) is 23.9 Å². The topological polar surface area (TPSA) is 45.4 Å². The molecule has 19 heavy (non-hydrogen) atoms. The van der Waals surface area contributed by atoms with Crippen LogP contribution in [0.25, 0.3) is 0 Å². The Balaban J connectivity index is 2.03. The van der Waals surface area contributed by atoms with Gasteiger partial charge in [0.1, 0.15) is 5.82 Å². The number of rotatable bonds is 4. The van der Waals surface area contributed by atoms with Crippen LogP contribution in [0.4, 0.5) is 5.82 Å². The molecule has 1 aromatic heterocycles. The van der Waals surface area contributed by atoms with Crippen molar-refractivity contribution in [2.75, 3.05) is 31.6 Å². The zero-order valence-corrected chi connectivity index (χ0v) is 12.3. The van der Waals surface area contributed by atoms with E-state index in [9.17, 15) is 0 Å². The van der Waals surface area contributed by atoms with Crippen LogP contribution in [0.1, 0.15) is 38.3 Å². The molecule has 4 heteroatoms. The van der Waals surface area contributed by atoms with Crippen molar-refractivity contribution in [3.63, 3.8) is 0 Å². The van der Waals surface area contributed by atoms with Crippen LogP contribution >= 0.6 is 0 Å². The number of anilines is 1. The van der Waals surface area contributed by atoms with Crippen LogP contribution < -0.4 is 10.6 Å². The fourth-order valence-corrected chi connectivity index (χ4v) is 2.72. The minimum absolute atomic E-state index is 0.0667. The van der Waals surface area contributed by atoms with Crippen LogP contribution in [-0.2, 0) is 0 Å². The smallest absolute Gasteiger partial charge is 0.128 e. The van der Waals surface area contributed by atoms with Gasteiger partial charge in [-0.15, -0.1) is 0 Å². The first kappa shape index (κ1) is 14.3. The fraction of sp³-hybridized carbons (Fsp3) is 0.667. The van der Waals surface area contributed by atoms with Gasteiger partial charge in [-0.2, -0.15) is 0 Å². The summed E-state index contributed by atoms with van der Waals surface area (Å²) in [5.41, 5.74) is 7.10. The molecule has 0 saturated carbocycles. The second kappa shape index (κ2) is 6.35. The predicted octanol–water partition coefficient (Wildman–Crippen LogP) is 2.02. The molecule has 0 amide bonds. The summed E-state index contributed by atoms with van der Waals surface area (Å²) in [6, 6.07) is 4.79.